The van der Waals surface area contributed by atoms with Gasteiger partial charge in [-0.1, -0.05) is 12.1 Å². The molecule has 1 aromatic heterocycles. The Morgan fingerprint density at radius 1 is 1.41 bits per heavy atom. The molecule has 0 amide bonds. The predicted molar refractivity (Wildman–Crippen MR) is 66.0 cm³/mol. The summed E-state index contributed by atoms with van der Waals surface area (Å²) in [5, 5.41) is 0. The molecule has 2 rings (SSSR count). The van der Waals surface area contributed by atoms with E-state index in [1.54, 1.807) is 13.3 Å². The molecule has 4 nitrogen and oxygen atoms in total. The van der Waals surface area contributed by atoms with Crippen molar-refractivity contribution in [1.29, 1.82) is 0 Å². The maximum Gasteiger partial charge on any atom is 0.196 e. The van der Waals surface area contributed by atoms with Crippen LogP contribution in [0.25, 0.3) is 11.3 Å². The van der Waals surface area contributed by atoms with Crippen LogP contribution in [0.5, 0.6) is 5.75 Å². The molecule has 0 aliphatic heterocycles. The SMILES string of the molecule is COc1cc(-c2cnc(CCN)o2)ccc1C. The second-order valence-electron chi connectivity index (χ2n) is 3.84. The summed E-state index contributed by atoms with van der Waals surface area (Å²) < 4.78 is 10.9. The molecular formula is C13H16N2O2. The molecule has 0 saturated heterocycles. The summed E-state index contributed by atoms with van der Waals surface area (Å²) in [5.41, 5.74) is 7.51. The number of oxazole rings is 1. The van der Waals surface area contributed by atoms with E-state index in [0.29, 0.717) is 18.9 Å². The van der Waals surface area contributed by atoms with Gasteiger partial charge in [-0.3, -0.25) is 0 Å². The van der Waals surface area contributed by atoms with Crippen molar-refractivity contribution in [3.63, 3.8) is 0 Å². The Morgan fingerprint density at radius 2 is 2.24 bits per heavy atom. The van der Waals surface area contributed by atoms with E-state index in [1.165, 1.54) is 0 Å². The Morgan fingerprint density at radius 3 is 2.94 bits per heavy atom. The molecule has 1 heterocycles. The molecule has 4 heteroatoms. The zero-order chi connectivity index (χ0) is 12.3. The van der Waals surface area contributed by atoms with Gasteiger partial charge in [-0.05, 0) is 18.6 Å². The molecule has 0 radical (unpaired) electrons. The second kappa shape index (κ2) is 5.01. The molecule has 0 aliphatic carbocycles. The minimum absolute atomic E-state index is 0.539. The van der Waals surface area contributed by atoms with Crippen LogP contribution in [0, 0.1) is 6.92 Å². The molecule has 0 unspecified atom stereocenters. The van der Waals surface area contributed by atoms with E-state index >= 15 is 0 Å². The summed E-state index contributed by atoms with van der Waals surface area (Å²) in [6, 6.07) is 5.94. The van der Waals surface area contributed by atoms with Gasteiger partial charge in [-0.15, -0.1) is 0 Å². The van der Waals surface area contributed by atoms with Crippen LogP contribution in [0.1, 0.15) is 11.5 Å². The molecule has 2 N–H and O–H groups in total. The van der Waals surface area contributed by atoms with E-state index in [4.69, 9.17) is 14.9 Å². The zero-order valence-corrected chi connectivity index (χ0v) is 10.1. The Bertz CT molecular complexity index is 506. The van der Waals surface area contributed by atoms with E-state index in [2.05, 4.69) is 4.98 Å². The molecule has 0 atom stereocenters. The second-order valence-corrected chi connectivity index (χ2v) is 3.84. The number of aryl methyl sites for hydroxylation is 1. The number of ether oxygens (including phenoxy) is 1. The zero-order valence-electron chi connectivity index (χ0n) is 10.1. The lowest BCUT2D eigenvalue weighted by molar-refractivity contribution is 0.411. The van der Waals surface area contributed by atoms with Crippen LogP contribution >= 0.6 is 0 Å². The van der Waals surface area contributed by atoms with Gasteiger partial charge in [-0.2, -0.15) is 0 Å². The van der Waals surface area contributed by atoms with E-state index in [1.807, 2.05) is 25.1 Å². The Labute approximate surface area is 100 Å². The highest BCUT2D eigenvalue weighted by molar-refractivity contribution is 5.60. The first kappa shape index (κ1) is 11.7. The van der Waals surface area contributed by atoms with Crippen LogP contribution in [0.4, 0.5) is 0 Å². The van der Waals surface area contributed by atoms with E-state index < -0.39 is 0 Å². The number of rotatable bonds is 4. The third kappa shape index (κ3) is 2.47. The summed E-state index contributed by atoms with van der Waals surface area (Å²) >= 11 is 0. The lowest BCUT2D eigenvalue weighted by atomic mass is 10.1. The minimum atomic E-state index is 0.539. The van der Waals surface area contributed by atoms with Crippen LogP contribution in [-0.2, 0) is 6.42 Å². The lowest BCUT2D eigenvalue weighted by Crippen LogP contribution is -2.02. The van der Waals surface area contributed by atoms with Gasteiger partial charge in [0.25, 0.3) is 0 Å². The first-order valence-electron chi connectivity index (χ1n) is 5.54. The highest BCUT2D eigenvalue weighted by atomic mass is 16.5. The number of nitrogens with two attached hydrogens (primary N) is 1. The summed E-state index contributed by atoms with van der Waals surface area (Å²) in [5.74, 6) is 2.26. The first-order chi connectivity index (χ1) is 8.24. The fourth-order valence-corrected chi connectivity index (χ4v) is 1.66. The number of hydrogen-bond acceptors (Lipinski definition) is 4. The van der Waals surface area contributed by atoms with Crippen LogP contribution in [-0.4, -0.2) is 18.6 Å². The maximum atomic E-state index is 5.60. The van der Waals surface area contributed by atoms with Gasteiger partial charge in [-0.25, -0.2) is 4.98 Å². The molecular weight excluding hydrogens is 216 g/mol. The van der Waals surface area contributed by atoms with Gasteiger partial charge in [0, 0.05) is 18.5 Å². The summed E-state index contributed by atoms with van der Waals surface area (Å²) in [6.07, 6.45) is 2.37. The topological polar surface area (TPSA) is 61.3 Å². The van der Waals surface area contributed by atoms with Gasteiger partial charge in [0.05, 0.1) is 13.3 Å². The number of aromatic nitrogens is 1. The van der Waals surface area contributed by atoms with Crippen molar-refractivity contribution in [3.8, 4) is 17.1 Å². The standard InChI is InChI=1S/C13H16N2O2/c1-9-3-4-10(7-11(9)16-2)12-8-15-13(17-12)5-6-14/h3-4,7-8H,5-6,14H2,1-2H3. The maximum absolute atomic E-state index is 5.60. The number of nitrogens with zero attached hydrogens (tertiary/aromatic N) is 1. The van der Waals surface area contributed by atoms with Crippen molar-refractivity contribution in [2.45, 2.75) is 13.3 Å². The molecule has 0 aliphatic rings. The molecule has 0 spiro atoms. The van der Waals surface area contributed by atoms with Crippen molar-refractivity contribution < 1.29 is 9.15 Å². The average Bonchev–Trinajstić information content (AvgIpc) is 2.79. The van der Waals surface area contributed by atoms with Gasteiger partial charge < -0.3 is 14.9 Å². The van der Waals surface area contributed by atoms with Crippen LogP contribution in [0.2, 0.25) is 0 Å². The van der Waals surface area contributed by atoms with Gasteiger partial charge in [0.15, 0.2) is 11.7 Å². The van der Waals surface area contributed by atoms with Gasteiger partial charge in [0.2, 0.25) is 0 Å². The number of methoxy groups -OCH3 is 1. The molecule has 0 saturated carbocycles. The quantitative estimate of drug-likeness (QED) is 0.877. The van der Waals surface area contributed by atoms with Crippen molar-refractivity contribution in [2.75, 3.05) is 13.7 Å². The normalized spacial score (nSPS) is 10.5. The number of hydrogen-bond donors (Lipinski definition) is 1. The molecule has 0 fully saturated rings. The largest absolute Gasteiger partial charge is 0.496 e. The van der Waals surface area contributed by atoms with Crippen molar-refractivity contribution in [3.05, 3.63) is 35.9 Å². The molecule has 0 bridgehead atoms. The molecule has 90 valence electrons. The van der Waals surface area contributed by atoms with Crippen molar-refractivity contribution >= 4 is 0 Å². The fraction of sp³-hybridized carbons (Fsp3) is 0.308. The first-order valence-corrected chi connectivity index (χ1v) is 5.54. The summed E-state index contributed by atoms with van der Waals surface area (Å²) in [7, 11) is 1.66. The highest BCUT2D eigenvalue weighted by Crippen LogP contribution is 2.27. The predicted octanol–water partition coefficient (Wildman–Crippen LogP) is 2.16. The Balaban J connectivity index is 2.32. The fourth-order valence-electron chi connectivity index (χ4n) is 1.66. The van der Waals surface area contributed by atoms with Crippen LogP contribution in [0.3, 0.4) is 0 Å². The van der Waals surface area contributed by atoms with Crippen molar-refractivity contribution in [1.82, 2.24) is 4.98 Å². The van der Waals surface area contributed by atoms with Crippen molar-refractivity contribution in [2.24, 2.45) is 5.73 Å². The van der Waals surface area contributed by atoms with E-state index in [0.717, 1.165) is 22.6 Å². The summed E-state index contributed by atoms with van der Waals surface area (Å²) in [6.45, 7) is 2.54. The summed E-state index contributed by atoms with van der Waals surface area (Å²) in [4.78, 5) is 4.17. The van der Waals surface area contributed by atoms with Crippen LogP contribution in [0.15, 0.2) is 28.8 Å². The van der Waals surface area contributed by atoms with Crippen LogP contribution < -0.4 is 10.5 Å². The minimum Gasteiger partial charge on any atom is -0.496 e. The Kier molecular flexibility index (Phi) is 3.44. The van der Waals surface area contributed by atoms with E-state index in [-0.39, 0.29) is 0 Å². The smallest absolute Gasteiger partial charge is 0.196 e. The average molecular weight is 232 g/mol. The lowest BCUT2D eigenvalue weighted by Gasteiger charge is -2.05. The monoisotopic (exact) mass is 232 g/mol. The third-order valence-corrected chi connectivity index (χ3v) is 2.60. The Hall–Kier alpha value is -1.81. The number of benzene rings is 1. The third-order valence-electron chi connectivity index (χ3n) is 2.60. The van der Waals surface area contributed by atoms with Gasteiger partial charge >= 0.3 is 0 Å². The highest BCUT2D eigenvalue weighted by Gasteiger charge is 2.08. The van der Waals surface area contributed by atoms with Gasteiger partial charge in [0.1, 0.15) is 5.75 Å². The van der Waals surface area contributed by atoms with E-state index in [9.17, 15) is 0 Å². The molecule has 2 aromatic rings. The molecule has 17 heavy (non-hydrogen) atoms. The molecule has 1 aromatic carbocycles.